The summed E-state index contributed by atoms with van der Waals surface area (Å²) in [6.45, 7) is 3.08. The third-order valence-electron chi connectivity index (χ3n) is 2.16. The number of oxazole rings is 1. The summed E-state index contributed by atoms with van der Waals surface area (Å²) < 4.78 is 5.28. The Balaban J connectivity index is 1.97. The molecule has 2 N–H and O–H groups in total. The van der Waals surface area contributed by atoms with E-state index in [9.17, 15) is 4.79 Å². The van der Waals surface area contributed by atoms with Gasteiger partial charge in [0, 0.05) is 13.1 Å². The van der Waals surface area contributed by atoms with Crippen molar-refractivity contribution in [3.8, 4) is 0 Å². The molecule has 1 aliphatic rings. The molecule has 0 unspecified atom stereocenters. The average molecular weight is 181 g/mol. The van der Waals surface area contributed by atoms with E-state index in [1.807, 2.05) is 11.8 Å². The van der Waals surface area contributed by atoms with Crippen LogP contribution in [0.2, 0.25) is 0 Å². The molecule has 0 spiro atoms. The van der Waals surface area contributed by atoms with Gasteiger partial charge in [-0.15, -0.1) is 0 Å². The second kappa shape index (κ2) is 2.76. The molecule has 0 bridgehead atoms. The molecular formula is C8H11N3O2. The number of carbonyl (C=O) groups is 1. The average Bonchev–Trinajstić information content (AvgIpc) is 2.31. The van der Waals surface area contributed by atoms with Crippen LogP contribution in [0.5, 0.6) is 0 Å². The summed E-state index contributed by atoms with van der Waals surface area (Å²) in [5.74, 6) is 0.476. The molecule has 0 aromatic carbocycles. The van der Waals surface area contributed by atoms with Crippen molar-refractivity contribution in [1.29, 1.82) is 0 Å². The Hall–Kier alpha value is -1.52. The van der Waals surface area contributed by atoms with E-state index < -0.39 is 0 Å². The molecule has 2 heterocycles. The van der Waals surface area contributed by atoms with Gasteiger partial charge in [-0.2, -0.15) is 0 Å². The van der Waals surface area contributed by atoms with Crippen LogP contribution in [0.15, 0.2) is 10.6 Å². The number of aromatic nitrogens is 1. The zero-order chi connectivity index (χ0) is 9.42. The molecule has 70 valence electrons. The van der Waals surface area contributed by atoms with Crippen molar-refractivity contribution in [3.63, 3.8) is 0 Å². The number of hydrogen-bond acceptors (Lipinski definition) is 4. The monoisotopic (exact) mass is 181 g/mol. The predicted octanol–water partition coefficient (Wildman–Crippen LogP) is -0.0955. The van der Waals surface area contributed by atoms with Gasteiger partial charge in [-0.3, -0.25) is 4.79 Å². The SMILES string of the molecule is Cc1cnc(N2CC(C(N)=O)C2)o1. The van der Waals surface area contributed by atoms with Gasteiger partial charge in [-0.25, -0.2) is 4.98 Å². The van der Waals surface area contributed by atoms with Gasteiger partial charge in [-0.05, 0) is 6.92 Å². The van der Waals surface area contributed by atoms with Gasteiger partial charge in [0.15, 0.2) is 0 Å². The van der Waals surface area contributed by atoms with E-state index >= 15 is 0 Å². The van der Waals surface area contributed by atoms with Crippen molar-refractivity contribution in [3.05, 3.63) is 12.0 Å². The van der Waals surface area contributed by atoms with Crippen LogP contribution in [0.3, 0.4) is 0 Å². The Bertz CT molecular complexity index is 328. The minimum atomic E-state index is -0.250. The second-order valence-electron chi connectivity index (χ2n) is 3.26. The molecule has 5 heteroatoms. The van der Waals surface area contributed by atoms with Gasteiger partial charge >= 0.3 is 0 Å². The Morgan fingerprint density at radius 2 is 2.46 bits per heavy atom. The van der Waals surface area contributed by atoms with Crippen molar-refractivity contribution in [2.75, 3.05) is 18.0 Å². The molecule has 13 heavy (non-hydrogen) atoms. The standard InChI is InChI=1S/C8H11N3O2/c1-5-2-10-8(13-5)11-3-6(4-11)7(9)12/h2,6H,3-4H2,1H3,(H2,9,12). The first-order valence-corrected chi connectivity index (χ1v) is 4.13. The molecule has 1 aromatic heterocycles. The molecule has 1 aliphatic heterocycles. The molecule has 5 nitrogen and oxygen atoms in total. The summed E-state index contributed by atoms with van der Waals surface area (Å²) in [7, 11) is 0. The first-order valence-electron chi connectivity index (χ1n) is 4.13. The van der Waals surface area contributed by atoms with Gasteiger partial charge in [-0.1, -0.05) is 0 Å². The second-order valence-corrected chi connectivity index (χ2v) is 3.26. The first-order chi connectivity index (χ1) is 6.16. The van der Waals surface area contributed by atoms with Crippen molar-refractivity contribution in [2.45, 2.75) is 6.92 Å². The van der Waals surface area contributed by atoms with Crippen LogP contribution < -0.4 is 10.6 Å². The van der Waals surface area contributed by atoms with Crippen LogP contribution in [0, 0.1) is 12.8 Å². The quantitative estimate of drug-likeness (QED) is 0.691. The van der Waals surface area contributed by atoms with Gasteiger partial charge in [0.1, 0.15) is 5.76 Å². The van der Waals surface area contributed by atoms with Gasteiger partial charge in [0.25, 0.3) is 6.01 Å². The smallest absolute Gasteiger partial charge is 0.297 e. The molecule has 2 rings (SSSR count). The van der Waals surface area contributed by atoms with E-state index in [0.717, 1.165) is 5.76 Å². The number of rotatable bonds is 2. The van der Waals surface area contributed by atoms with Crippen molar-refractivity contribution in [2.24, 2.45) is 11.7 Å². The number of amides is 1. The Labute approximate surface area is 75.5 Å². The minimum absolute atomic E-state index is 0.0489. The highest BCUT2D eigenvalue weighted by molar-refractivity contribution is 5.79. The minimum Gasteiger partial charge on any atom is -0.429 e. The largest absolute Gasteiger partial charge is 0.429 e. The summed E-state index contributed by atoms with van der Waals surface area (Å²) in [5, 5.41) is 0. The van der Waals surface area contributed by atoms with Crippen LogP contribution in [-0.2, 0) is 4.79 Å². The number of primary amides is 1. The number of nitrogens with two attached hydrogens (primary N) is 1. The predicted molar refractivity (Wildman–Crippen MR) is 46.1 cm³/mol. The zero-order valence-electron chi connectivity index (χ0n) is 7.36. The van der Waals surface area contributed by atoms with E-state index in [-0.39, 0.29) is 11.8 Å². The molecule has 0 radical (unpaired) electrons. The van der Waals surface area contributed by atoms with Crippen LogP contribution in [0.4, 0.5) is 6.01 Å². The maximum Gasteiger partial charge on any atom is 0.297 e. The third-order valence-corrected chi connectivity index (χ3v) is 2.16. The molecule has 0 saturated carbocycles. The summed E-state index contributed by atoms with van der Waals surface area (Å²) in [5.41, 5.74) is 5.13. The Kier molecular flexibility index (Phi) is 1.72. The molecule has 1 fully saturated rings. The highest BCUT2D eigenvalue weighted by Gasteiger charge is 2.33. The highest BCUT2D eigenvalue weighted by Crippen LogP contribution is 2.23. The molecule has 0 atom stereocenters. The lowest BCUT2D eigenvalue weighted by molar-refractivity contribution is -0.122. The number of nitrogens with zero attached hydrogens (tertiary/aromatic N) is 2. The fourth-order valence-corrected chi connectivity index (χ4v) is 1.30. The first kappa shape index (κ1) is 8.10. The van der Waals surface area contributed by atoms with E-state index in [4.69, 9.17) is 10.2 Å². The van der Waals surface area contributed by atoms with Gasteiger partial charge in [0.05, 0.1) is 12.1 Å². The number of hydrogen-bond donors (Lipinski definition) is 1. The van der Waals surface area contributed by atoms with Crippen molar-refractivity contribution in [1.82, 2.24) is 4.98 Å². The fourth-order valence-electron chi connectivity index (χ4n) is 1.30. The number of anilines is 1. The van der Waals surface area contributed by atoms with Crippen LogP contribution >= 0.6 is 0 Å². The maximum absolute atomic E-state index is 10.7. The van der Waals surface area contributed by atoms with E-state index in [2.05, 4.69) is 4.98 Å². The molecule has 0 aliphatic carbocycles. The lowest BCUT2D eigenvalue weighted by atomic mass is 10.0. The van der Waals surface area contributed by atoms with Crippen LogP contribution in [0.25, 0.3) is 0 Å². The summed E-state index contributed by atoms with van der Waals surface area (Å²) >= 11 is 0. The van der Waals surface area contributed by atoms with Crippen molar-refractivity contribution < 1.29 is 9.21 Å². The molecule has 1 aromatic rings. The Morgan fingerprint density at radius 1 is 1.77 bits per heavy atom. The van der Waals surface area contributed by atoms with Gasteiger partial charge < -0.3 is 15.1 Å². The normalized spacial score (nSPS) is 17.2. The third kappa shape index (κ3) is 1.37. The molecule has 1 saturated heterocycles. The highest BCUT2D eigenvalue weighted by atomic mass is 16.4. The van der Waals surface area contributed by atoms with E-state index in [1.165, 1.54) is 0 Å². The summed E-state index contributed by atoms with van der Waals surface area (Å²) in [4.78, 5) is 16.6. The zero-order valence-corrected chi connectivity index (χ0v) is 7.36. The summed E-state index contributed by atoms with van der Waals surface area (Å²) in [6, 6.07) is 0.579. The molecular weight excluding hydrogens is 170 g/mol. The van der Waals surface area contributed by atoms with Crippen LogP contribution in [-0.4, -0.2) is 24.0 Å². The topological polar surface area (TPSA) is 72.4 Å². The van der Waals surface area contributed by atoms with Gasteiger partial charge in [0.2, 0.25) is 5.91 Å². The molecule has 1 amide bonds. The van der Waals surface area contributed by atoms with E-state index in [0.29, 0.717) is 19.1 Å². The summed E-state index contributed by atoms with van der Waals surface area (Å²) in [6.07, 6.45) is 1.66. The fraction of sp³-hybridized carbons (Fsp3) is 0.500. The number of aryl methyl sites for hydroxylation is 1. The lowest BCUT2D eigenvalue weighted by Crippen LogP contribution is -2.52. The van der Waals surface area contributed by atoms with E-state index in [1.54, 1.807) is 6.20 Å². The van der Waals surface area contributed by atoms with Crippen LogP contribution in [0.1, 0.15) is 5.76 Å². The van der Waals surface area contributed by atoms with Crippen molar-refractivity contribution >= 4 is 11.9 Å². The lowest BCUT2D eigenvalue weighted by Gasteiger charge is -2.35. The maximum atomic E-state index is 10.7. The number of carbonyl (C=O) groups excluding carboxylic acids is 1. The Morgan fingerprint density at radius 3 is 2.92 bits per heavy atom.